The first-order valence-electron chi connectivity index (χ1n) is 7.37. The molecule has 0 saturated heterocycles. The third-order valence-electron chi connectivity index (χ3n) is 3.49. The van der Waals surface area contributed by atoms with Gasteiger partial charge in [0.05, 0.1) is 13.0 Å². The molecule has 0 radical (unpaired) electrons. The third kappa shape index (κ3) is 6.27. The number of aliphatic imine (C=N–C) groups is 1. The Bertz CT molecular complexity index is 560. The zero-order chi connectivity index (χ0) is 17.0. The monoisotopic (exact) mass is 479 g/mol. The van der Waals surface area contributed by atoms with E-state index >= 15 is 0 Å². The fourth-order valence-electron chi connectivity index (χ4n) is 2.33. The lowest BCUT2D eigenvalue weighted by atomic mass is 10.1. The Labute approximate surface area is 160 Å². The number of hydrogen-bond donors (Lipinski definition) is 2. The summed E-state index contributed by atoms with van der Waals surface area (Å²) in [5, 5.41) is 6.27. The van der Waals surface area contributed by atoms with Gasteiger partial charge in [0.2, 0.25) is 0 Å². The van der Waals surface area contributed by atoms with E-state index in [1.54, 1.807) is 6.07 Å². The second kappa shape index (κ2) is 9.07. The van der Waals surface area contributed by atoms with Crippen LogP contribution in [0.25, 0.3) is 0 Å². The fraction of sp³-hybridized carbons (Fsp3) is 0.533. The molecule has 24 heavy (non-hydrogen) atoms. The summed E-state index contributed by atoms with van der Waals surface area (Å²) < 4.78 is 50.4. The second-order valence-corrected chi connectivity index (χ2v) is 5.76. The predicted molar refractivity (Wildman–Crippen MR) is 97.8 cm³/mol. The largest absolute Gasteiger partial charge is 0.390 e. The summed E-state index contributed by atoms with van der Waals surface area (Å²) in [5.41, 5.74) is 0.442. The number of benzene rings is 1. The van der Waals surface area contributed by atoms with Crippen LogP contribution in [-0.4, -0.2) is 31.3 Å². The number of nitrogens with one attached hydrogen (secondary N) is 2. The van der Waals surface area contributed by atoms with E-state index < -0.39 is 12.6 Å². The molecule has 2 unspecified atom stereocenters. The van der Waals surface area contributed by atoms with Crippen molar-refractivity contribution in [3.63, 3.8) is 0 Å². The van der Waals surface area contributed by atoms with Gasteiger partial charge in [-0.1, -0.05) is 17.7 Å². The SMILES string of the molecule is CCNC(=NCCC(F)(F)F)NC1CC1c1c(F)cccc1Cl.I. The molecule has 0 aromatic heterocycles. The van der Waals surface area contributed by atoms with E-state index in [4.69, 9.17) is 11.6 Å². The quantitative estimate of drug-likeness (QED) is 0.283. The highest BCUT2D eigenvalue weighted by Crippen LogP contribution is 2.44. The number of nitrogens with zero attached hydrogens (tertiary/aromatic N) is 1. The van der Waals surface area contributed by atoms with Crippen molar-refractivity contribution in [1.82, 2.24) is 10.6 Å². The molecule has 0 spiro atoms. The molecule has 3 nitrogen and oxygen atoms in total. The van der Waals surface area contributed by atoms with Crippen LogP contribution in [0.5, 0.6) is 0 Å². The molecule has 136 valence electrons. The maximum atomic E-state index is 13.9. The van der Waals surface area contributed by atoms with Crippen molar-refractivity contribution in [2.75, 3.05) is 13.1 Å². The van der Waals surface area contributed by atoms with E-state index in [0.717, 1.165) is 0 Å². The van der Waals surface area contributed by atoms with E-state index in [0.29, 0.717) is 29.5 Å². The molecular formula is C15H19ClF4IN3. The number of alkyl halides is 3. The summed E-state index contributed by atoms with van der Waals surface area (Å²) in [7, 11) is 0. The van der Waals surface area contributed by atoms with Crippen molar-refractivity contribution >= 4 is 41.5 Å². The highest BCUT2D eigenvalue weighted by Gasteiger charge is 2.42. The van der Waals surface area contributed by atoms with E-state index in [2.05, 4.69) is 15.6 Å². The van der Waals surface area contributed by atoms with Gasteiger partial charge in [-0.05, 0) is 25.5 Å². The maximum Gasteiger partial charge on any atom is 0.390 e. The van der Waals surface area contributed by atoms with Crippen LogP contribution in [0.1, 0.15) is 31.2 Å². The van der Waals surface area contributed by atoms with Crippen LogP contribution >= 0.6 is 35.6 Å². The van der Waals surface area contributed by atoms with Gasteiger partial charge in [0.15, 0.2) is 5.96 Å². The highest BCUT2D eigenvalue weighted by atomic mass is 127. The molecular weight excluding hydrogens is 461 g/mol. The van der Waals surface area contributed by atoms with Crippen molar-refractivity contribution < 1.29 is 17.6 Å². The topological polar surface area (TPSA) is 36.4 Å². The Morgan fingerprint density at radius 2 is 2.08 bits per heavy atom. The number of rotatable bonds is 5. The van der Waals surface area contributed by atoms with Crippen LogP contribution < -0.4 is 10.6 Å². The van der Waals surface area contributed by atoms with Gasteiger partial charge in [0.25, 0.3) is 0 Å². The van der Waals surface area contributed by atoms with E-state index in [1.807, 2.05) is 6.92 Å². The molecule has 0 aliphatic heterocycles. The van der Waals surface area contributed by atoms with E-state index in [9.17, 15) is 17.6 Å². The Morgan fingerprint density at radius 3 is 2.67 bits per heavy atom. The summed E-state index contributed by atoms with van der Waals surface area (Å²) in [6.45, 7) is 1.99. The van der Waals surface area contributed by atoms with Gasteiger partial charge in [0, 0.05) is 29.1 Å². The first kappa shape index (κ1) is 21.3. The smallest absolute Gasteiger partial charge is 0.357 e. The van der Waals surface area contributed by atoms with Crippen molar-refractivity contribution in [2.24, 2.45) is 4.99 Å². The lowest BCUT2D eigenvalue weighted by molar-refractivity contribution is -0.132. The third-order valence-corrected chi connectivity index (χ3v) is 3.82. The van der Waals surface area contributed by atoms with Crippen molar-refractivity contribution in [2.45, 2.75) is 37.9 Å². The van der Waals surface area contributed by atoms with Crippen molar-refractivity contribution in [1.29, 1.82) is 0 Å². The lowest BCUT2D eigenvalue weighted by Gasteiger charge is -2.12. The van der Waals surface area contributed by atoms with Gasteiger partial charge >= 0.3 is 6.18 Å². The zero-order valence-electron chi connectivity index (χ0n) is 13.0. The summed E-state index contributed by atoms with van der Waals surface area (Å²) in [6, 6.07) is 4.42. The number of halogens is 6. The Balaban J connectivity index is 0.00000288. The molecule has 1 aliphatic carbocycles. The van der Waals surface area contributed by atoms with Gasteiger partial charge in [-0.25, -0.2) is 4.39 Å². The van der Waals surface area contributed by atoms with Crippen LogP contribution in [0.4, 0.5) is 17.6 Å². The number of guanidine groups is 1. The lowest BCUT2D eigenvalue weighted by Crippen LogP contribution is -2.39. The van der Waals surface area contributed by atoms with E-state index in [1.165, 1.54) is 12.1 Å². The molecule has 0 amide bonds. The molecule has 0 bridgehead atoms. The highest BCUT2D eigenvalue weighted by molar-refractivity contribution is 14.0. The average molecular weight is 480 g/mol. The van der Waals surface area contributed by atoms with Crippen LogP contribution in [0.2, 0.25) is 5.02 Å². The standard InChI is InChI=1S/C15H18ClF4N3.HI/c1-2-21-14(22-7-6-15(18,19)20)23-12-8-9(12)13-10(16)4-3-5-11(13)17;/h3-5,9,12H,2,6-8H2,1H3,(H2,21,22,23);1H. The molecule has 1 fully saturated rings. The van der Waals surface area contributed by atoms with Crippen LogP contribution in [0, 0.1) is 5.82 Å². The van der Waals surface area contributed by atoms with Crippen molar-refractivity contribution in [3.05, 3.63) is 34.6 Å². The first-order valence-corrected chi connectivity index (χ1v) is 7.75. The zero-order valence-corrected chi connectivity index (χ0v) is 16.0. The molecule has 1 aliphatic rings. The molecule has 1 saturated carbocycles. The first-order chi connectivity index (χ1) is 10.8. The minimum atomic E-state index is -4.23. The summed E-state index contributed by atoms with van der Waals surface area (Å²) in [5.74, 6) is -0.169. The van der Waals surface area contributed by atoms with Gasteiger partial charge < -0.3 is 10.6 Å². The minimum absolute atomic E-state index is 0. The fourth-order valence-corrected chi connectivity index (χ4v) is 2.63. The molecule has 9 heteroatoms. The van der Waals surface area contributed by atoms with Gasteiger partial charge in [-0.15, -0.1) is 24.0 Å². The summed E-state index contributed by atoms with van der Waals surface area (Å²) in [6.07, 6.45) is -4.55. The van der Waals surface area contributed by atoms with Gasteiger partial charge in [0.1, 0.15) is 5.82 Å². The maximum absolute atomic E-state index is 13.9. The van der Waals surface area contributed by atoms with Gasteiger partial charge in [-0.3, -0.25) is 4.99 Å². The molecule has 1 aromatic rings. The molecule has 2 rings (SSSR count). The van der Waals surface area contributed by atoms with Crippen LogP contribution in [0.15, 0.2) is 23.2 Å². The minimum Gasteiger partial charge on any atom is -0.357 e. The summed E-state index contributed by atoms with van der Waals surface area (Å²) in [4.78, 5) is 3.90. The van der Waals surface area contributed by atoms with Crippen molar-refractivity contribution in [3.8, 4) is 0 Å². The van der Waals surface area contributed by atoms with Crippen LogP contribution in [0.3, 0.4) is 0 Å². The predicted octanol–water partition coefficient (Wildman–Crippen LogP) is 4.46. The van der Waals surface area contributed by atoms with E-state index in [-0.39, 0.29) is 48.3 Å². The normalized spacial score (nSPS) is 20.3. The van der Waals surface area contributed by atoms with Crippen LogP contribution in [-0.2, 0) is 0 Å². The molecule has 0 heterocycles. The number of hydrogen-bond acceptors (Lipinski definition) is 1. The molecule has 2 atom stereocenters. The summed E-state index contributed by atoms with van der Waals surface area (Å²) >= 11 is 6.02. The average Bonchev–Trinajstić information content (AvgIpc) is 3.16. The molecule has 1 aromatic carbocycles. The Kier molecular flexibility index (Phi) is 8.04. The molecule has 2 N–H and O–H groups in total. The Hall–Kier alpha value is -0.770. The van der Waals surface area contributed by atoms with Gasteiger partial charge in [-0.2, -0.15) is 13.2 Å². The Morgan fingerprint density at radius 1 is 1.38 bits per heavy atom. The second-order valence-electron chi connectivity index (χ2n) is 5.35.